The number of carbonyl (C=O) groups excluding carboxylic acids is 1. The second kappa shape index (κ2) is 11.5. The lowest BCUT2D eigenvalue weighted by molar-refractivity contribution is -0.119. The molecule has 2 aliphatic heterocycles. The van der Waals surface area contributed by atoms with Crippen molar-refractivity contribution in [1.29, 1.82) is 0 Å². The highest BCUT2D eigenvalue weighted by Crippen LogP contribution is 2.42. The van der Waals surface area contributed by atoms with E-state index in [1.54, 1.807) is 19.4 Å². The number of hydrogen-bond donors (Lipinski definition) is 1. The number of ketones is 1. The maximum Gasteiger partial charge on any atom is 0.295 e. The number of alkyl halides is 2. The monoisotopic (exact) mass is 586 g/mol. The third-order valence-electron chi connectivity index (χ3n) is 8.32. The summed E-state index contributed by atoms with van der Waals surface area (Å²) in [5.74, 6) is 0.0722. The first-order valence-electron chi connectivity index (χ1n) is 14.6. The van der Waals surface area contributed by atoms with Crippen molar-refractivity contribution in [3.63, 3.8) is 0 Å². The van der Waals surface area contributed by atoms with E-state index in [9.17, 15) is 18.1 Å². The largest absolute Gasteiger partial charge is 0.381 e. The van der Waals surface area contributed by atoms with E-state index in [4.69, 9.17) is 14.5 Å². The van der Waals surface area contributed by atoms with Gasteiger partial charge in [-0.3, -0.25) is 9.36 Å². The van der Waals surface area contributed by atoms with Gasteiger partial charge in [0, 0.05) is 43.2 Å². The summed E-state index contributed by atoms with van der Waals surface area (Å²) >= 11 is 0. The number of ether oxygens (including phenoxy) is 2. The molecule has 6 rings (SSSR count). The van der Waals surface area contributed by atoms with Crippen molar-refractivity contribution in [2.24, 2.45) is 5.92 Å². The molecule has 0 spiro atoms. The van der Waals surface area contributed by atoms with Crippen LogP contribution in [-0.4, -0.2) is 53.5 Å². The van der Waals surface area contributed by atoms with Gasteiger partial charge in [-0.15, -0.1) is 0 Å². The van der Waals surface area contributed by atoms with Crippen molar-refractivity contribution in [3.8, 4) is 0 Å². The Morgan fingerprint density at radius 3 is 2.49 bits per heavy atom. The Kier molecular flexibility index (Phi) is 8.00. The maximum absolute atomic E-state index is 14.4. The molecular formula is C30H37F2N4O4P. The summed E-state index contributed by atoms with van der Waals surface area (Å²) in [6.07, 6.45) is 2.54. The normalized spacial score (nSPS) is 20.6. The highest BCUT2D eigenvalue weighted by Gasteiger charge is 2.32. The Balaban J connectivity index is 1.46. The quantitative estimate of drug-likeness (QED) is 0.287. The van der Waals surface area contributed by atoms with Crippen LogP contribution in [0.3, 0.4) is 0 Å². The summed E-state index contributed by atoms with van der Waals surface area (Å²) in [5, 5.41) is 4.07. The number of benzene rings is 1. The van der Waals surface area contributed by atoms with Crippen LogP contribution in [-0.2, 0) is 25.3 Å². The summed E-state index contributed by atoms with van der Waals surface area (Å²) in [7, 11) is -2.74. The lowest BCUT2D eigenvalue weighted by Gasteiger charge is -2.25. The van der Waals surface area contributed by atoms with Crippen molar-refractivity contribution >= 4 is 40.8 Å². The van der Waals surface area contributed by atoms with E-state index >= 15 is 0 Å². The van der Waals surface area contributed by atoms with Crippen LogP contribution in [0, 0.1) is 5.92 Å². The average molecular weight is 587 g/mol. The van der Waals surface area contributed by atoms with Crippen LogP contribution in [0.2, 0.25) is 0 Å². The second-order valence-electron chi connectivity index (χ2n) is 11.9. The molecule has 3 aromatic rings. The van der Waals surface area contributed by atoms with E-state index < -0.39 is 25.6 Å². The van der Waals surface area contributed by atoms with Crippen LogP contribution in [0.15, 0.2) is 24.3 Å². The molecule has 3 fully saturated rings. The van der Waals surface area contributed by atoms with E-state index in [2.05, 4.69) is 10.3 Å². The molecular weight excluding hydrogens is 549 g/mol. The number of rotatable bonds is 9. The number of carbonyl (C=O) groups is 1. The van der Waals surface area contributed by atoms with Gasteiger partial charge in [-0.25, -0.2) is 18.7 Å². The lowest BCUT2D eigenvalue weighted by atomic mass is 9.91. The number of pyridine rings is 1. The van der Waals surface area contributed by atoms with Gasteiger partial charge < -0.3 is 19.4 Å². The van der Waals surface area contributed by atoms with E-state index in [-0.39, 0.29) is 29.3 Å². The minimum Gasteiger partial charge on any atom is -0.381 e. The van der Waals surface area contributed by atoms with E-state index in [0.717, 1.165) is 44.1 Å². The standard InChI is InChI=1S/C30H37F2N4O4P/c1-41(2,38)25-15-20(18-10-13-39-14-11-18)8-9-22(25)34-23-16-21(17-24(37)19-6-7-19)33-29-27(23)35-30(28(31)32)36(29)26-5-3-4-12-40-26/h8-9,15-16,18-19,26,28H,3-7,10-14,17H2,1-2H3,(H,33,34). The fourth-order valence-corrected chi connectivity index (χ4v) is 7.11. The molecule has 2 saturated heterocycles. The molecule has 0 bridgehead atoms. The molecule has 0 radical (unpaired) electrons. The van der Waals surface area contributed by atoms with Crippen LogP contribution >= 0.6 is 7.14 Å². The van der Waals surface area contributed by atoms with Gasteiger partial charge in [0.2, 0.25) is 0 Å². The van der Waals surface area contributed by atoms with E-state index in [1.165, 1.54) is 4.57 Å². The predicted molar refractivity (Wildman–Crippen MR) is 154 cm³/mol. The van der Waals surface area contributed by atoms with Gasteiger partial charge in [0.1, 0.15) is 24.7 Å². The van der Waals surface area contributed by atoms with Crippen LogP contribution in [0.1, 0.15) is 80.6 Å². The fraction of sp³-hybridized carbons (Fsp3) is 0.567. The van der Waals surface area contributed by atoms with Crippen LogP contribution in [0.25, 0.3) is 11.2 Å². The average Bonchev–Trinajstić information content (AvgIpc) is 3.74. The predicted octanol–water partition coefficient (Wildman–Crippen LogP) is 6.48. The third-order valence-corrected chi connectivity index (χ3v) is 9.85. The SMILES string of the molecule is CP(C)(=O)c1cc(C2CCOCC2)ccc1Nc1cc(CC(=O)C2CC2)nc2c1nc(C(F)F)n2C1CCCCO1. The Bertz CT molecular complexity index is 1490. The number of Topliss-reactive ketones (excluding diaryl/α,β-unsaturated/α-hetero) is 1. The highest BCUT2D eigenvalue weighted by atomic mass is 31.2. The zero-order valence-electron chi connectivity index (χ0n) is 23.6. The number of imidazole rings is 1. The molecule has 11 heteroatoms. The summed E-state index contributed by atoms with van der Waals surface area (Å²) in [6, 6.07) is 7.68. The first-order valence-corrected chi connectivity index (χ1v) is 17.2. The summed E-state index contributed by atoms with van der Waals surface area (Å²) < 4.78 is 55.1. The number of nitrogens with zero attached hydrogens (tertiary/aromatic N) is 3. The molecule has 3 aliphatic rings. The van der Waals surface area contributed by atoms with Crippen LogP contribution in [0.5, 0.6) is 0 Å². The number of fused-ring (bicyclic) bond motifs is 1. The molecule has 41 heavy (non-hydrogen) atoms. The molecule has 2 aromatic heterocycles. The van der Waals surface area contributed by atoms with Crippen molar-refractivity contribution in [3.05, 3.63) is 41.3 Å². The van der Waals surface area contributed by atoms with Crippen molar-refractivity contribution in [2.75, 3.05) is 38.5 Å². The molecule has 1 N–H and O–H groups in total. The maximum atomic E-state index is 14.4. The molecule has 1 aliphatic carbocycles. The zero-order valence-corrected chi connectivity index (χ0v) is 24.5. The van der Waals surface area contributed by atoms with E-state index in [0.29, 0.717) is 54.5 Å². The molecule has 0 amide bonds. The Hall–Kier alpha value is -2.68. The second-order valence-corrected chi connectivity index (χ2v) is 15.0. The molecule has 1 unspecified atom stereocenters. The molecule has 220 valence electrons. The molecule has 1 atom stereocenters. The van der Waals surface area contributed by atoms with Gasteiger partial charge in [-0.05, 0) is 88.0 Å². The minimum absolute atomic E-state index is 0.0440. The Labute approximate surface area is 238 Å². The molecule has 1 aromatic carbocycles. The Morgan fingerprint density at radius 1 is 1.05 bits per heavy atom. The third kappa shape index (κ3) is 6.11. The summed E-state index contributed by atoms with van der Waals surface area (Å²) in [5.41, 5.74) is 3.24. The number of aromatic nitrogens is 3. The Morgan fingerprint density at radius 2 is 1.83 bits per heavy atom. The van der Waals surface area contributed by atoms with Gasteiger partial charge in [0.15, 0.2) is 11.5 Å². The number of halogens is 2. The zero-order chi connectivity index (χ0) is 28.7. The molecule has 1 saturated carbocycles. The topological polar surface area (TPSA) is 95.3 Å². The first kappa shape index (κ1) is 28.4. The number of anilines is 2. The van der Waals surface area contributed by atoms with Gasteiger partial charge in [0.25, 0.3) is 6.43 Å². The first-order chi connectivity index (χ1) is 19.7. The van der Waals surface area contributed by atoms with Gasteiger partial charge in [-0.2, -0.15) is 0 Å². The minimum atomic E-state index is -2.83. The number of nitrogens with one attached hydrogen (secondary N) is 1. The highest BCUT2D eigenvalue weighted by molar-refractivity contribution is 7.70. The fourth-order valence-electron chi connectivity index (χ4n) is 5.94. The van der Waals surface area contributed by atoms with Gasteiger partial charge >= 0.3 is 0 Å². The van der Waals surface area contributed by atoms with Gasteiger partial charge in [0.05, 0.1) is 11.4 Å². The molecule has 8 nitrogen and oxygen atoms in total. The van der Waals surface area contributed by atoms with E-state index in [1.807, 2.05) is 18.2 Å². The lowest BCUT2D eigenvalue weighted by Crippen LogP contribution is -2.21. The van der Waals surface area contributed by atoms with Crippen molar-refractivity contribution < 1.29 is 27.6 Å². The van der Waals surface area contributed by atoms with Crippen LogP contribution in [0.4, 0.5) is 20.2 Å². The molecule has 4 heterocycles. The smallest absolute Gasteiger partial charge is 0.295 e. The number of hydrogen-bond acceptors (Lipinski definition) is 7. The van der Waals surface area contributed by atoms with Crippen molar-refractivity contribution in [1.82, 2.24) is 14.5 Å². The van der Waals surface area contributed by atoms with Crippen LogP contribution < -0.4 is 10.6 Å². The summed E-state index contributed by atoms with van der Waals surface area (Å²) in [4.78, 5) is 21.9. The van der Waals surface area contributed by atoms with Gasteiger partial charge in [-0.1, -0.05) is 6.07 Å². The summed E-state index contributed by atoms with van der Waals surface area (Å²) in [6.45, 7) is 5.34. The van der Waals surface area contributed by atoms with Crippen molar-refractivity contribution in [2.45, 2.75) is 69.9 Å².